The van der Waals surface area contributed by atoms with E-state index in [1.54, 1.807) is 0 Å². The molecule has 0 saturated carbocycles. The van der Waals surface area contributed by atoms with Crippen LogP contribution in [0.4, 0.5) is 5.69 Å². The molecule has 2 rings (SSSR count). The smallest absolute Gasteiger partial charge is 0.0564 e. The summed E-state index contributed by atoms with van der Waals surface area (Å²) in [6.07, 6.45) is 2.97. The van der Waals surface area contributed by atoms with Crippen molar-refractivity contribution >= 4 is 17.3 Å². The largest absolute Gasteiger partial charge is 0.385 e. The first-order chi connectivity index (χ1) is 10.2. The molecule has 21 heavy (non-hydrogen) atoms. The van der Waals surface area contributed by atoms with E-state index in [-0.39, 0.29) is 0 Å². The summed E-state index contributed by atoms with van der Waals surface area (Å²) in [7, 11) is 2.08. The van der Waals surface area contributed by atoms with Crippen molar-refractivity contribution < 1.29 is 0 Å². The van der Waals surface area contributed by atoms with Gasteiger partial charge in [0, 0.05) is 36.5 Å². The summed E-state index contributed by atoms with van der Waals surface area (Å²) < 4.78 is 0. The molecule has 0 aliphatic heterocycles. The van der Waals surface area contributed by atoms with Gasteiger partial charge in [-0.2, -0.15) is 0 Å². The molecule has 0 aliphatic carbocycles. The van der Waals surface area contributed by atoms with Crippen molar-refractivity contribution in [3.8, 4) is 0 Å². The molecule has 0 atom stereocenters. The van der Waals surface area contributed by atoms with Crippen LogP contribution in [0.25, 0.3) is 0 Å². The van der Waals surface area contributed by atoms with Gasteiger partial charge in [-0.15, -0.1) is 0 Å². The van der Waals surface area contributed by atoms with Crippen molar-refractivity contribution in [3.63, 3.8) is 0 Å². The molecule has 0 fully saturated rings. The van der Waals surface area contributed by atoms with Crippen LogP contribution in [0.5, 0.6) is 0 Å². The standard InChI is InChI=1S/C17H22ClN3/c1-3-9-19-15-8-10-20-16(11-15)13-21(2)12-14-6-4-5-7-17(14)18/h4-8,10-11H,3,9,12-13H2,1-2H3,(H,19,20). The molecule has 4 heteroatoms. The van der Waals surface area contributed by atoms with E-state index in [0.29, 0.717) is 0 Å². The maximum absolute atomic E-state index is 6.20. The number of anilines is 1. The minimum Gasteiger partial charge on any atom is -0.385 e. The van der Waals surface area contributed by atoms with Gasteiger partial charge in [-0.3, -0.25) is 9.88 Å². The van der Waals surface area contributed by atoms with E-state index < -0.39 is 0 Å². The average Bonchev–Trinajstić information content (AvgIpc) is 2.48. The van der Waals surface area contributed by atoms with Crippen LogP contribution in [0.2, 0.25) is 5.02 Å². The normalized spacial score (nSPS) is 10.9. The Morgan fingerprint density at radius 3 is 2.76 bits per heavy atom. The SMILES string of the molecule is CCCNc1ccnc(CN(C)Cc2ccccc2Cl)c1. The Morgan fingerprint density at radius 1 is 1.19 bits per heavy atom. The van der Waals surface area contributed by atoms with Crippen LogP contribution in [0.3, 0.4) is 0 Å². The predicted molar refractivity (Wildman–Crippen MR) is 89.6 cm³/mol. The minimum absolute atomic E-state index is 0.798. The molecule has 0 aliphatic rings. The molecule has 1 heterocycles. The zero-order valence-electron chi connectivity index (χ0n) is 12.6. The molecule has 0 unspecified atom stereocenters. The molecule has 0 saturated heterocycles. The molecule has 0 bridgehead atoms. The Kier molecular flexibility index (Phi) is 6.03. The molecule has 0 amide bonds. The summed E-state index contributed by atoms with van der Waals surface area (Å²) in [5, 5.41) is 4.20. The number of hydrogen-bond donors (Lipinski definition) is 1. The highest BCUT2D eigenvalue weighted by Crippen LogP contribution is 2.17. The summed E-state index contributed by atoms with van der Waals surface area (Å²) in [5.41, 5.74) is 3.33. The van der Waals surface area contributed by atoms with Gasteiger partial charge in [0.1, 0.15) is 0 Å². The van der Waals surface area contributed by atoms with Crippen molar-refractivity contribution in [2.75, 3.05) is 18.9 Å². The van der Waals surface area contributed by atoms with Crippen LogP contribution in [0.1, 0.15) is 24.6 Å². The summed E-state index contributed by atoms with van der Waals surface area (Å²) in [6.45, 7) is 4.76. The number of nitrogens with zero attached hydrogens (tertiary/aromatic N) is 2. The third-order valence-corrected chi connectivity index (χ3v) is 3.59. The van der Waals surface area contributed by atoms with Gasteiger partial charge in [0.05, 0.1) is 5.69 Å². The summed E-state index contributed by atoms with van der Waals surface area (Å²) in [4.78, 5) is 6.65. The molecule has 1 aromatic carbocycles. The lowest BCUT2D eigenvalue weighted by molar-refractivity contribution is 0.315. The lowest BCUT2D eigenvalue weighted by atomic mass is 10.2. The second kappa shape index (κ2) is 8.01. The van der Waals surface area contributed by atoms with E-state index in [0.717, 1.165) is 48.0 Å². The van der Waals surface area contributed by atoms with Crippen molar-refractivity contribution in [3.05, 3.63) is 58.9 Å². The Balaban J connectivity index is 1.96. The number of pyridine rings is 1. The fraction of sp³-hybridized carbons (Fsp3) is 0.353. The third-order valence-electron chi connectivity index (χ3n) is 3.23. The van der Waals surface area contributed by atoms with Gasteiger partial charge in [0.15, 0.2) is 0 Å². The van der Waals surface area contributed by atoms with Gasteiger partial charge in [-0.25, -0.2) is 0 Å². The van der Waals surface area contributed by atoms with Gasteiger partial charge in [-0.05, 0) is 37.2 Å². The topological polar surface area (TPSA) is 28.2 Å². The number of benzene rings is 1. The Bertz CT molecular complexity index is 571. The first-order valence-electron chi connectivity index (χ1n) is 7.29. The van der Waals surface area contributed by atoms with E-state index in [1.165, 1.54) is 0 Å². The Morgan fingerprint density at radius 2 is 2.00 bits per heavy atom. The molecule has 112 valence electrons. The average molecular weight is 304 g/mol. The van der Waals surface area contributed by atoms with Gasteiger partial charge in [-0.1, -0.05) is 36.7 Å². The summed E-state index contributed by atoms with van der Waals surface area (Å²) in [6, 6.07) is 12.1. The fourth-order valence-electron chi connectivity index (χ4n) is 2.19. The van der Waals surface area contributed by atoms with E-state index in [1.807, 2.05) is 30.5 Å². The van der Waals surface area contributed by atoms with Crippen LogP contribution >= 0.6 is 11.6 Å². The zero-order chi connectivity index (χ0) is 15.1. The first kappa shape index (κ1) is 15.8. The molecule has 1 N–H and O–H groups in total. The summed E-state index contributed by atoms with van der Waals surface area (Å²) in [5.74, 6) is 0. The van der Waals surface area contributed by atoms with E-state index in [9.17, 15) is 0 Å². The minimum atomic E-state index is 0.798. The number of hydrogen-bond acceptors (Lipinski definition) is 3. The van der Waals surface area contributed by atoms with Crippen LogP contribution in [0, 0.1) is 0 Å². The second-order valence-electron chi connectivity index (χ2n) is 5.23. The highest BCUT2D eigenvalue weighted by atomic mass is 35.5. The van der Waals surface area contributed by atoms with Crippen molar-refractivity contribution in [1.82, 2.24) is 9.88 Å². The van der Waals surface area contributed by atoms with E-state index in [4.69, 9.17) is 11.6 Å². The molecule has 3 nitrogen and oxygen atoms in total. The zero-order valence-corrected chi connectivity index (χ0v) is 13.4. The van der Waals surface area contributed by atoms with Gasteiger partial charge in [0.25, 0.3) is 0 Å². The predicted octanol–water partition coefficient (Wildman–Crippen LogP) is 4.19. The lowest BCUT2D eigenvalue weighted by Crippen LogP contribution is -2.18. The Hall–Kier alpha value is -1.58. The Labute approximate surface area is 132 Å². The number of rotatable bonds is 7. The molecular weight excluding hydrogens is 282 g/mol. The number of halogens is 1. The first-order valence-corrected chi connectivity index (χ1v) is 7.67. The maximum Gasteiger partial charge on any atom is 0.0564 e. The van der Waals surface area contributed by atoms with Crippen molar-refractivity contribution in [1.29, 1.82) is 0 Å². The van der Waals surface area contributed by atoms with E-state index >= 15 is 0 Å². The lowest BCUT2D eigenvalue weighted by Gasteiger charge is -2.17. The molecule has 0 radical (unpaired) electrons. The number of nitrogens with one attached hydrogen (secondary N) is 1. The van der Waals surface area contributed by atoms with E-state index in [2.05, 4.69) is 41.3 Å². The fourth-order valence-corrected chi connectivity index (χ4v) is 2.39. The quantitative estimate of drug-likeness (QED) is 0.831. The van der Waals surface area contributed by atoms with Crippen LogP contribution in [-0.4, -0.2) is 23.5 Å². The van der Waals surface area contributed by atoms with Gasteiger partial charge < -0.3 is 5.32 Å². The highest BCUT2D eigenvalue weighted by Gasteiger charge is 2.06. The van der Waals surface area contributed by atoms with Gasteiger partial charge >= 0.3 is 0 Å². The molecule has 1 aromatic heterocycles. The maximum atomic E-state index is 6.20. The van der Waals surface area contributed by atoms with Crippen LogP contribution in [0.15, 0.2) is 42.6 Å². The monoisotopic (exact) mass is 303 g/mol. The second-order valence-corrected chi connectivity index (χ2v) is 5.63. The van der Waals surface area contributed by atoms with Crippen molar-refractivity contribution in [2.24, 2.45) is 0 Å². The molecule has 0 spiro atoms. The highest BCUT2D eigenvalue weighted by molar-refractivity contribution is 6.31. The number of aromatic nitrogens is 1. The third kappa shape index (κ3) is 5.03. The van der Waals surface area contributed by atoms with Crippen molar-refractivity contribution in [2.45, 2.75) is 26.4 Å². The molecular formula is C17H22ClN3. The summed E-state index contributed by atoms with van der Waals surface area (Å²) >= 11 is 6.20. The van der Waals surface area contributed by atoms with Crippen LogP contribution in [-0.2, 0) is 13.1 Å². The van der Waals surface area contributed by atoms with Crippen LogP contribution < -0.4 is 5.32 Å². The van der Waals surface area contributed by atoms with Gasteiger partial charge in [0.2, 0.25) is 0 Å². The molecule has 2 aromatic rings.